The van der Waals surface area contributed by atoms with E-state index in [1.807, 2.05) is 39.8 Å². The van der Waals surface area contributed by atoms with E-state index in [1.165, 1.54) is 12.4 Å². The van der Waals surface area contributed by atoms with Crippen molar-refractivity contribution in [2.24, 2.45) is 0 Å². The van der Waals surface area contributed by atoms with Gasteiger partial charge in [0.2, 0.25) is 11.8 Å². The number of rotatable bonds is 5. The molecule has 2 amide bonds. The number of nitrogens with one attached hydrogen (secondary N) is 4. The van der Waals surface area contributed by atoms with Crippen LogP contribution in [0, 0.1) is 13.8 Å². The van der Waals surface area contributed by atoms with Crippen LogP contribution in [0.3, 0.4) is 0 Å². The van der Waals surface area contributed by atoms with Gasteiger partial charge >= 0.3 is 0 Å². The predicted octanol–water partition coefficient (Wildman–Crippen LogP) is 4.35. The van der Waals surface area contributed by atoms with E-state index in [4.69, 9.17) is 0 Å². The van der Waals surface area contributed by atoms with Crippen molar-refractivity contribution < 1.29 is 18.0 Å². The van der Waals surface area contributed by atoms with E-state index in [1.54, 1.807) is 44.2 Å². The van der Waals surface area contributed by atoms with E-state index < -0.39 is 27.0 Å². The number of aryl methyl sites for hydroxylation is 2. The first kappa shape index (κ1) is 32.8. The Balaban J connectivity index is 1.63. The fourth-order valence-corrected chi connectivity index (χ4v) is 6.95. The molecule has 3 heterocycles. The number of amides is 2. The summed E-state index contributed by atoms with van der Waals surface area (Å²) >= 11 is 0. The highest BCUT2D eigenvalue weighted by Gasteiger charge is 2.27. The van der Waals surface area contributed by atoms with Gasteiger partial charge in [0.05, 0.1) is 33.9 Å². The average Bonchev–Trinajstić information content (AvgIpc) is 2.99. The standard InChI is InChI=1S/C34H40N6O5S/c1-19(2)40-16-28-21(5)11-23(12-22(28)6)32(39-26-7-9-29-27(14-26)33(42)37-18-36-29)34(43)35-15-24-13-25(38-31(41)17-40)8-10-30(24)46(44,45)20(3)4/h7-14,18-20,32,39H,15-17H2,1-6H3,(H,35,43)(H,38,41)(H,36,37,42). The van der Waals surface area contributed by atoms with Gasteiger partial charge in [0.25, 0.3) is 5.56 Å². The van der Waals surface area contributed by atoms with Crippen LogP contribution in [0.2, 0.25) is 0 Å². The Hall–Kier alpha value is -4.55. The molecular weight excluding hydrogens is 604 g/mol. The van der Waals surface area contributed by atoms with E-state index in [0.29, 0.717) is 39.9 Å². The smallest absolute Gasteiger partial charge is 0.258 e. The molecule has 12 heteroatoms. The van der Waals surface area contributed by atoms with Crippen LogP contribution in [0.25, 0.3) is 10.9 Å². The SMILES string of the molecule is Cc1cc2cc(C)c1CN(C(C)C)CC(=O)Nc1ccc(S(=O)(=O)C(C)C)c(c1)CNC(=O)C2Nc1ccc2nc[nH]c(=O)c2c1. The van der Waals surface area contributed by atoms with E-state index >= 15 is 0 Å². The molecule has 11 nitrogen and oxygen atoms in total. The molecule has 2 aliphatic rings. The highest BCUT2D eigenvalue weighted by Crippen LogP contribution is 2.29. The zero-order valence-electron chi connectivity index (χ0n) is 26.9. The van der Waals surface area contributed by atoms with Crippen LogP contribution >= 0.6 is 0 Å². The van der Waals surface area contributed by atoms with E-state index in [2.05, 4.69) is 30.8 Å². The second-order valence-corrected chi connectivity index (χ2v) is 14.8. The van der Waals surface area contributed by atoms with Crippen LogP contribution in [0.1, 0.15) is 61.6 Å². The number of sulfone groups is 1. The second-order valence-electron chi connectivity index (χ2n) is 12.4. The summed E-state index contributed by atoms with van der Waals surface area (Å²) in [6.07, 6.45) is 1.34. The van der Waals surface area contributed by atoms with Gasteiger partial charge in [-0.05, 0) is 106 Å². The highest BCUT2D eigenvalue weighted by molar-refractivity contribution is 7.92. The van der Waals surface area contributed by atoms with Gasteiger partial charge in [0.15, 0.2) is 9.84 Å². The van der Waals surface area contributed by atoms with Crippen LogP contribution in [0.15, 0.2) is 64.5 Å². The topological polar surface area (TPSA) is 153 Å². The lowest BCUT2D eigenvalue weighted by molar-refractivity contribution is -0.122. The lowest BCUT2D eigenvalue weighted by Crippen LogP contribution is -2.38. The Kier molecular flexibility index (Phi) is 9.32. The lowest BCUT2D eigenvalue weighted by Gasteiger charge is -2.29. The molecule has 46 heavy (non-hydrogen) atoms. The van der Waals surface area contributed by atoms with Crippen LogP contribution in [-0.4, -0.2) is 52.9 Å². The van der Waals surface area contributed by atoms with Crippen LogP contribution in [0.4, 0.5) is 11.4 Å². The van der Waals surface area contributed by atoms with E-state index in [0.717, 1.165) is 16.7 Å². The van der Waals surface area contributed by atoms with Gasteiger partial charge in [0.1, 0.15) is 6.04 Å². The van der Waals surface area contributed by atoms with Gasteiger partial charge < -0.3 is 20.9 Å². The van der Waals surface area contributed by atoms with Crippen LogP contribution in [0.5, 0.6) is 0 Å². The number of anilines is 2. The summed E-state index contributed by atoms with van der Waals surface area (Å²) in [5.74, 6) is -0.624. The third-order valence-electron chi connectivity index (χ3n) is 8.43. The fraction of sp³-hybridized carbons (Fsp3) is 0.353. The molecule has 1 unspecified atom stereocenters. The van der Waals surface area contributed by atoms with Crippen LogP contribution < -0.4 is 21.5 Å². The maximum Gasteiger partial charge on any atom is 0.258 e. The first-order valence-electron chi connectivity index (χ1n) is 15.3. The Labute approximate surface area is 268 Å². The summed E-state index contributed by atoms with van der Waals surface area (Å²) in [6, 6.07) is 12.9. The first-order valence-corrected chi connectivity index (χ1v) is 16.8. The molecule has 1 atom stereocenters. The van der Waals surface area contributed by atoms with Crippen molar-refractivity contribution in [3.8, 4) is 0 Å². The number of H-pyrrole nitrogens is 1. The molecular formula is C34H40N6O5S. The predicted molar refractivity (Wildman–Crippen MR) is 179 cm³/mol. The van der Waals surface area contributed by atoms with Crippen molar-refractivity contribution in [2.45, 2.75) is 76.9 Å². The zero-order valence-corrected chi connectivity index (χ0v) is 27.7. The number of hydrogen-bond acceptors (Lipinski definition) is 8. The quantitative estimate of drug-likeness (QED) is 0.250. The summed E-state index contributed by atoms with van der Waals surface area (Å²) in [5.41, 5.74) is 5.24. The number of fused-ring (bicyclic) bond motifs is 10. The lowest BCUT2D eigenvalue weighted by atomic mass is 9.94. The molecule has 1 aromatic heterocycles. The number of aromatic amines is 1. The summed E-state index contributed by atoms with van der Waals surface area (Å²) < 4.78 is 26.6. The molecule has 6 rings (SSSR count). The van der Waals surface area contributed by atoms with Crippen molar-refractivity contribution >= 4 is 43.9 Å². The van der Waals surface area contributed by atoms with E-state index in [-0.39, 0.29) is 35.5 Å². The Morgan fingerprint density at radius 3 is 2.33 bits per heavy atom. The minimum Gasteiger partial charge on any atom is -0.370 e. The second kappa shape index (κ2) is 13.1. The molecule has 0 radical (unpaired) electrons. The maximum atomic E-state index is 14.1. The third-order valence-corrected chi connectivity index (χ3v) is 10.7. The van der Waals surface area contributed by atoms with Gasteiger partial charge in [-0.15, -0.1) is 0 Å². The Morgan fingerprint density at radius 1 is 0.935 bits per heavy atom. The fourth-order valence-electron chi connectivity index (χ4n) is 5.69. The molecule has 2 aliphatic heterocycles. The summed E-state index contributed by atoms with van der Waals surface area (Å²) in [4.78, 5) is 48.7. The number of carbonyl (C=O) groups is 2. The Morgan fingerprint density at radius 2 is 1.65 bits per heavy atom. The number of hydrogen-bond donors (Lipinski definition) is 4. The van der Waals surface area contributed by atoms with Crippen molar-refractivity contribution in [2.75, 3.05) is 17.2 Å². The molecule has 4 bridgehead atoms. The Bertz CT molecular complexity index is 1960. The molecule has 0 saturated carbocycles. The molecule has 3 aromatic carbocycles. The molecule has 0 fully saturated rings. The highest BCUT2D eigenvalue weighted by atomic mass is 32.2. The third kappa shape index (κ3) is 6.82. The minimum atomic E-state index is -3.71. The minimum absolute atomic E-state index is 0.0583. The average molecular weight is 645 g/mol. The van der Waals surface area contributed by atoms with Gasteiger partial charge in [-0.25, -0.2) is 13.4 Å². The van der Waals surface area contributed by atoms with Gasteiger partial charge in [-0.2, -0.15) is 0 Å². The molecule has 4 N–H and O–H groups in total. The van der Waals surface area contributed by atoms with Gasteiger partial charge in [-0.3, -0.25) is 19.3 Å². The largest absolute Gasteiger partial charge is 0.370 e. The first-order chi connectivity index (χ1) is 21.7. The van der Waals surface area contributed by atoms with Gasteiger partial charge in [-0.1, -0.05) is 12.1 Å². The molecule has 242 valence electrons. The van der Waals surface area contributed by atoms with Crippen molar-refractivity contribution in [1.82, 2.24) is 20.2 Å². The monoisotopic (exact) mass is 644 g/mol. The number of aromatic nitrogens is 2. The normalized spacial score (nSPS) is 16.6. The van der Waals surface area contributed by atoms with Crippen LogP contribution in [-0.2, 0) is 32.5 Å². The molecule has 0 aliphatic carbocycles. The molecule has 4 aromatic rings. The number of nitrogens with zero attached hydrogens (tertiary/aromatic N) is 2. The summed E-state index contributed by atoms with van der Waals surface area (Å²) in [7, 11) is -3.71. The molecule has 0 saturated heterocycles. The van der Waals surface area contributed by atoms with Crippen molar-refractivity contribution in [3.05, 3.63) is 93.0 Å². The van der Waals surface area contributed by atoms with Crippen molar-refractivity contribution in [1.29, 1.82) is 0 Å². The summed E-state index contributed by atoms with van der Waals surface area (Å²) in [6.45, 7) is 11.8. The maximum absolute atomic E-state index is 14.1. The number of benzene rings is 3. The summed E-state index contributed by atoms with van der Waals surface area (Å²) in [5, 5.41) is 8.84. The van der Waals surface area contributed by atoms with Gasteiger partial charge in [0, 0.05) is 30.5 Å². The van der Waals surface area contributed by atoms with Crippen molar-refractivity contribution in [3.63, 3.8) is 0 Å². The zero-order chi connectivity index (χ0) is 33.3. The van der Waals surface area contributed by atoms with E-state index in [9.17, 15) is 22.8 Å². The molecule has 0 spiro atoms. The number of carbonyl (C=O) groups excluding carboxylic acids is 2.